The maximum absolute atomic E-state index is 13.0. The van der Waals surface area contributed by atoms with Crippen molar-refractivity contribution in [3.8, 4) is 0 Å². The van der Waals surface area contributed by atoms with Gasteiger partial charge in [-0.25, -0.2) is 0 Å². The van der Waals surface area contributed by atoms with Crippen LogP contribution in [0.2, 0.25) is 0 Å². The van der Waals surface area contributed by atoms with Crippen molar-refractivity contribution >= 4 is 22.7 Å². The quantitative estimate of drug-likeness (QED) is 0.370. The molecule has 1 aliphatic heterocycles. The van der Waals surface area contributed by atoms with Crippen LogP contribution in [0.15, 0.2) is 60.8 Å². The third-order valence-corrected chi connectivity index (χ3v) is 8.33. The molecule has 42 heavy (non-hydrogen) atoms. The molecule has 0 spiro atoms. The predicted molar refractivity (Wildman–Crippen MR) is 151 cm³/mol. The maximum atomic E-state index is 13.0. The monoisotopic (exact) mass is 584 g/mol. The number of alkyl halides is 3. The van der Waals surface area contributed by atoms with E-state index in [1.165, 1.54) is 6.07 Å². The largest absolute Gasteiger partial charge is 0.416 e. The lowest BCUT2D eigenvalue weighted by Crippen LogP contribution is -2.48. The molecule has 1 aliphatic carbocycles. The van der Waals surface area contributed by atoms with E-state index in [1.807, 2.05) is 37.3 Å². The molecule has 8 nitrogen and oxygen atoms in total. The van der Waals surface area contributed by atoms with Crippen LogP contribution in [-0.4, -0.2) is 71.2 Å². The Labute approximate surface area is 242 Å². The minimum absolute atomic E-state index is 0.172. The van der Waals surface area contributed by atoms with Gasteiger partial charge in [-0.1, -0.05) is 24.3 Å². The van der Waals surface area contributed by atoms with Crippen molar-refractivity contribution in [2.75, 3.05) is 26.2 Å². The summed E-state index contributed by atoms with van der Waals surface area (Å²) < 4.78 is 44.9. The fourth-order valence-electron chi connectivity index (χ4n) is 6.20. The summed E-state index contributed by atoms with van der Waals surface area (Å²) in [6.45, 7) is 3.16. The number of rotatable bonds is 8. The molecule has 1 saturated heterocycles. The van der Waals surface area contributed by atoms with Crippen LogP contribution in [0.5, 0.6) is 0 Å². The first-order chi connectivity index (χ1) is 20.1. The molecule has 0 bridgehead atoms. The summed E-state index contributed by atoms with van der Waals surface area (Å²) in [6.07, 6.45) is -0.326. The number of hydrogen-bond acceptors (Lipinski definition) is 6. The third kappa shape index (κ3) is 6.58. The molecule has 2 aliphatic rings. The van der Waals surface area contributed by atoms with E-state index in [0.29, 0.717) is 32.5 Å². The first-order valence-corrected chi connectivity index (χ1v) is 14.2. The first-order valence-electron chi connectivity index (χ1n) is 14.2. The van der Waals surface area contributed by atoms with Gasteiger partial charge in [0.15, 0.2) is 0 Å². The Hall–Kier alpha value is -3.54. The Morgan fingerprint density at radius 3 is 2.60 bits per heavy atom. The zero-order valence-electron chi connectivity index (χ0n) is 23.4. The number of pyridine rings is 1. The Kier molecular flexibility index (Phi) is 8.81. The van der Waals surface area contributed by atoms with Gasteiger partial charge in [0.05, 0.1) is 35.4 Å². The highest BCUT2D eigenvalue weighted by atomic mass is 19.4. The number of fused-ring (bicyclic) bond motifs is 1. The molecule has 224 valence electrons. The molecule has 3 N–H and O–H groups in total. The number of aromatic nitrogens is 1. The molecular weight excluding hydrogens is 549 g/mol. The summed E-state index contributed by atoms with van der Waals surface area (Å²) in [5.41, 5.74) is -0.287. The Bertz CT molecular complexity index is 1420. The highest BCUT2D eigenvalue weighted by Crippen LogP contribution is 2.41. The normalized spacial score (nSPS) is 24.9. The number of carbonyl (C=O) groups is 2. The second-order valence-electron chi connectivity index (χ2n) is 11.0. The van der Waals surface area contributed by atoms with Crippen molar-refractivity contribution in [1.29, 1.82) is 0 Å². The molecule has 2 atom stereocenters. The number of hydrogen-bond donors (Lipinski definition) is 3. The molecule has 2 amide bonds. The summed E-state index contributed by atoms with van der Waals surface area (Å²) in [5.74, 6) is -1.21. The van der Waals surface area contributed by atoms with E-state index < -0.39 is 29.2 Å². The summed E-state index contributed by atoms with van der Waals surface area (Å²) in [7, 11) is 0. The summed E-state index contributed by atoms with van der Waals surface area (Å²) in [4.78, 5) is 31.8. The highest BCUT2D eigenvalue weighted by Gasteiger charge is 2.42. The minimum atomic E-state index is -4.57. The number of likely N-dealkylation sites (tertiary alicyclic amines) is 1. The summed E-state index contributed by atoms with van der Waals surface area (Å²) in [5, 5.41) is 17.9. The van der Waals surface area contributed by atoms with Crippen molar-refractivity contribution < 1.29 is 32.6 Å². The molecule has 5 rings (SSSR count). The van der Waals surface area contributed by atoms with Crippen molar-refractivity contribution in [3.05, 3.63) is 77.5 Å². The second kappa shape index (κ2) is 12.4. The number of ether oxygens (including phenoxy) is 1. The number of carbonyl (C=O) groups excluding carboxylic acids is 2. The molecule has 2 aromatic carbocycles. The van der Waals surface area contributed by atoms with Gasteiger partial charge in [0, 0.05) is 42.9 Å². The summed E-state index contributed by atoms with van der Waals surface area (Å²) >= 11 is 0. The molecule has 1 aromatic heterocycles. The second-order valence-corrected chi connectivity index (χ2v) is 11.0. The van der Waals surface area contributed by atoms with Crippen LogP contribution in [0.25, 0.3) is 10.9 Å². The van der Waals surface area contributed by atoms with Crippen LogP contribution in [0.3, 0.4) is 0 Å². The first kappa shape index (κ1) is 29.9. The van der Waals surface area contributed by atoms with Gasteiger partial charge in [-0.2, -0.15) is 13.2 Å². The Morgan fingerprint density at radius 2 is 1.86 bits per heavy atom. The molecule has 0 unspecified atom stereocenters. The number of aliphatic hydroxyl groups is 1. The van der Waals surface area contributed by atoms with Gasteiger partial charge in [0.2, 0.25) is 5.91 Å². The van der Waals surface area contributed by atoms with Gasteiger partial charge in [-0.3, -0.25) is 19.5 Å². The molecule has 2 heterocycles. The van der Waals surface area contributed by atoms with Gasteiger partial charge in [0.1, 0.15) is 0 Å². The topological polar surface area (TPSA) is 104 Å². The van der Waals surface area contributed by atoms with Crippen LogP contribution in [0.4, 0.5) is 13.2 Å². The standard InChI is InChI=1S/C31H35F3N4O4/c1-2-42-27-19-38(22-10-13-30(41,14-11-22)24-12-15-35-25-9-4-3-8-23(24)25)18-26(27)37-28(39)17-36-29(40)20-6-5-7-21(16-20)31(32,33)34/h3-9,12,15-16,22,26-27,41H,2,10-11,13-14,17-19H2,1H3,(H,36,40)(H,37,39)/t22?,26-,27-,30?/m0/s1. The van der Waals surface area contributed by atoms with Crippen molar-refractivity contribution in [2.24, 2.45) is 0 Å². The van der Waals surface area contributed by atoms with Crippen LogP contribution >= 0.6 is 0 Å². The average Bonchev–Trinajstić information content (AvgIpc) is 3.37. The number of nitrogens with zero attached hydrogens (tertiary/aromatic N) is 2. The fraction of sp³-hybridized carbons (Fsp3) is 0.452. The van der Waals surface area contributed by atoms with Gasteiger partial charge < -0.3 is 20.5 Å². The van der Waals surface area contributed by atoms with Gasteiger partial charge in [-0.15, -0.1) is 0 Å². The van der Waals surface area contributed by atoms with E-state index in [-0.39, 0.29) is 30.3 Å². The van der Waals surface area contributed by atoms with Crippen LogP contribution in [-0.2, 0) is 21.3 Å². The van der Waals surface area contributed by atoms with E-state index in [4.69, 9.17) is 4.74 Å². The van der Waals surface area contributed by atoms with Gasteiger partial charge >= 0.3 is 6.18 Å². The van der Waals surface area contributed by atoms with E-state index >= 15 is 0 Å². The number of halogens is 3. The molecule has 2 fully saturated rings. The predicted octanol–water partition coefficient (Wildman–Crippen LogP) is 4.02. The molecule has 0 radical (unpaired) electrons. The van der Waals surface area contributed by atoms with E-state index in [2.05, 4.69) is 20.5 Å². The lowest BCUT2D eigenvalue weighted by molar-refractivity contribution is -0.137. The van der Waals surface area contributed by atoms with Gasteiger partial charge in [0.25, 0.3) is 5.91 Å². The summed E-state index contributed by atoms with van der Waals surface area (Å²) in [6, 6.07) is 13.7. The van der Waals surface area contributed by atoms with Crippen molar-refractivity contribution in [2.45, 2.75) is 62.6 Å². The van der Waals surface area contributed by atoms with Crippen LogP contribution in [0.1, 0.15) is 54.1 Å². The van der Waals surface area contributed by atoms with E-state index in [0.717, 1.165) is 47.5 Å². The molecule has 3 aromatic rings. The van der Waals surface area contributed by atoms with Crippen LogP contribution in [0, 0.1) is 0 Å². The lowest BCUT2D eigenvalue weighted by atomic mass is 9.76. The average molecular weight is 585 g/mol. The maximum Gasteiger partial charge on any atom is 0.416 e. The number of para-hydroxylation sites is 1. The zero-order chi connectivity index (χ0) is 29.9. The van der Waals surface area contributed by atoms with E-state index in [9.17, 15) is 27.9 Å². The minimum Gasteiger partial charge on any atom is -0.385 e. The van der Waals surface area contributed by atoms with Crippen molar-refractivity contribution in [1.82, 2.24) is 20.5 Å². The highest BCUT2D eigenvalue weighted by molar-refractivity contribution is 5.96. The van der Waals surface area contributed by atoms with E-state index in [1.54, 1.807) is 6.20 Å². The number of amides is 2. The fourth-order valence-corrected chi connectivity index (χ4v) is 6.20. The Morgan fingerprint density at radius 1 is 1.10 bits per heavy atom. The number of nitrogens with one attached hydrogen (secondary N) is 2. The lowest BCUT2D eigenvalue weighted by Gasteiger charge is -2.40. The number of benzene rings is 2. The Balaban J connectivity index is 1.16. The molecule has 1 saturated carbocycles. The van der Waals surface area contributed by atoms with Crippen molar-refractivity contribution in [3.63, 3.8) is 0 Å². The third-order valence-electron chi connectivity index (χ3n) is 8.33. The molecule has 11 heteroatoms. The SMILES string of the molecule is CCO[C@H]1CN(C2CCC(O)(c3ccnc4ccccc34)CC2)C[C@@H]1NC(=O)CNC(=O)c1cccc(C(F)(F)F)c1. The zero-order valence-corrected chi connectivity index (χ0v) is 23.4. The smallest absolute Gasteiger partial charge is 0.385 e. The molecular formula is C31H35F3N4O4. The van der Waals surface area contributed by atoms with Crippen LogP contribution < -0.4 is 10.6 Å². The van der Waals surface area contributed by atoms with Gasteiger partial charge in [-0.05, 0) is 68.5 Å².